The van der Waals surface area contributed by atoms with Gasteiger partial charge in [-0.3, -0.25) is 0 Å². The van der Waals surface area contributed by atoms with E-state index in [2.05, 4.69) is 4.98 Å². The van der Waals surface area contributed by atoms with Gasteiger partial charge in [0.25, 0.3) is 6.43 Å². The van der Waals surface area contributed by atoms with Gasteiger partial charge in [0.15, 0.2) is 0 Å². The fraction of sp³-hybridized carbons (Fsp3) is 0.118. The van der Waals surface area contributed by atoms with Crippen molar-refractivity contribution in [3.05, 3.63) is 65.7 Å². The Morgan fingerprint density at radius 3 is 2.40 bits per heavy atom. The minimum atomic E-state index is -2.45. The van der Waals surface area contributed by atoms with Crippen molar-refractivity contribution < 1.29 is 8.78 Å². The highest BCUT2D eigenvalue weighted by Crippen LogP contribution is 2.28. The summed E-state index contributed by atoms with van der Waals surface area (Å²) in [6.07, 6.45) is -2.45. The fourth-order valence-electron chi connectivity index (χ4n) is 2.32. The summed E-state index contributed by atoms with van der Waals surface area (Å²) in [5, 5.41) is 0.750. The third-order valence-corrected chi connectivity index (χ3v) is 3.33. The number of benzene rings is 2. The van der Waals surface area contributed by atoms with Gasteiger partial charge < -0.3 is 0 Å². The van der Waals surface area contributed by atoms with Crippen LogP contribution in [0.1, 0.15) is 17.6 Å². The molecule has 0 unspecified atom stereocenters. The zero-order chi connectivity index (χ0) is 14.1. The Labute approximate surface area is 115 Å². The molecule has 0 fully saturated rings. The van der Waals surface area contributed by atoms with Gasteiger partial charge in [-0.25, -0.2) is 13.8 Å². The summed E-state index contributed by atoms with van der Waals surface area (Å²) in [6, 6.07) is 16.4. The van der Waals surface area contributed by atoms with Gasteiger partial charge in [-0.2, -0.15) is 0 Å². The molecule has 0 N–H and O–H groups in total. The maximum absolute atomic E-state index is 12.7. The van der Waals surface area contributed by atoms with E-state index in [1.54, 1.807) is 6.07 Å². The van der Waals surface area contributed by atoms with Crippen LogP contribution in [0.5, 0.6) is 0 Å². The smallest absolute Gasteiger partial charge is 0.248 e. The predicted octanol–water partition coefficient (Wildman–Crippen LogP) is 5.15. The second-order valence-electron chi connectivity index (χ2n) is 4.77. The molecule has 0 saturated carbocycles. The quantitative estimate of drug-likeness (QED) is 0.627. The van der Waals surface area contributed by atoms with Gasteiger partial charge in [0, 0.05) is 16.5 Å². The number of nitrogens with zero attached hydrogens (tertiary/aromatic N) is 1. The Bertz CT molecular complexity index is 752. The van der Waals surface area contributed by atoms with Crippen molar-refractivity contribution in [1.82, 2.24) is 4.98 Å². The van der Waals surface area contributed by atoms with Crippen molar-refractivity contribution in [2.24, 2.45) is 0 Å². The Morgan fingerprint density at radius 2 is 1.70 bits per heavy atom. The Hall–Kier alpha value is -2.29. The highest BCUT2D eigenvalue weighted by Gasteiger charge is 2.10. The van der Waals surface area contributed by atoms with E-state index >= 15 is 0 Å². The van der Waals surface area contributed by atoms with Crippen molar-refractivity contribution in [3.8, 4) is 11.3 Å². The molecule has 0 aliphatic rings. The maximum atomic E-state index is 12.7. The number of aromatic nitrogens is 1. The Morgan fingerprint density at radius 1 is 0.950 bits per heavy atom. The average Bonchev–Trinajstić information content (AvgIpc) is 2.46. The molecule has 0 atom stereocenters. The molecule has 0 amide bonds. The van der Waals surface area contributed by atoms with Crippen LogP contribution in [0.25, 0.3) is 22.2 Å². The number of alkyl halides is 2. The Balaban J connectivity index is 2.18. The fourth-order valence-corrected chi connectivity index (χ4v) is 2.32. The third kappa shape index (κ3) is 2.27. The lowest BCUT2D eigenvalue weighted by molar-refractivity contribution is 0.151. The van der Waals surface area contributed by atoms with Gasteiger partial charge in [0.1, 0.15) is 0 Å². The van der Waals surface area contributed by atoms with Crippen molar-refractivity contribution in [2.75, 3.05) is 0 Å². The summed E-state index contributed by atoms with van der Waals surface area (Å²) in [5.74, 6) is 0. The molecule has 0 bridgehead atoms. The first-order chi connectivity index (χ1) is 9.65. The topological polar surface area (TPSA) is 12.9 Å². The molecule has 1 nitrogen and oxygen atoms in total. The van der Waals surface area contributed by atoms with Gasteiger partial charge in [-0.05, 0) is 30.7 Å². The van der Waals surface area contributed by atoms with Crippen LogP contribution < -0.4 is 0 Å². The first kappa shape index (κ1) is 12.7. The predicted molar refractivity (Wildman–Crippen MR) is 76.9 cm³/mol. The first-order valence-electron chi connectivity index (χ1n) is 6.40. The number of fused-ring (bicyclic) bond motifs is 1. The van der Waals surface area contributed by atoms with E-state index in [0.717, 1.165) is 27.7 Å². The van der Waals surface area contributed by atoms with E-state index < -0.39 is 6.43 Å². The largest absolute Gasteiger partial charge is 0.263 e. The van der Waals surface area contributed by atoms with Crippen LogP contribution in [0, 0.1) is 6.92 Å². The van der Waals surface area contributed by atoms with Crippen LogP contribution in [0.4, 0.5) is 8.78 Å². The van der Waals surface area contributed by atoms with Crippen LogP contribution in [0.15, 0.2) is 54.6 Å². The molecular formula is C17H13F2N. The zero-order valence-corrected chi connectivity index (χ0v) is 11.0. The average molecular weight is 269 g/mol. The van der Waals surface area contributed by atoms with E-state index in [-0.39, 0.29) is 5.56 Å². The number of hydrogen-bond donors (Lipinski definition) is 0. The lowest BCUT2D eigenvalue weighted by atomic mass is 10.0. The van der Waals surface area contributed by atoms with Gasteiger partial charge in [0.05, 0.1) is 11.2 Å². The summed E-state index contributed by atoms with van der Waals surface area (Å²) < 4.78 is 25.4. The molecule has 0 radical (unpaired) electrons. The second kappa shape index (κ2) is 5.00. The highest BCUT2D eigenvalue weighted by molar-refractivity contribution is 5.83. The van der Waals surface area contributed by atoms with Crippen molar-refractivity contribution >= 4 is 10.9 Å². The molecule has 2 aromatic carbocycles. The van der Waals surface area contributed by atoms with Gasteiger partial charge in [-0.15, -0.1) is 0 Å². The molecule has 3 aromatic rings. The van der Waals surface area contributed by atoms with Gasteiger partial charge >= 0.3 is 0 Å². The molecule has 3 rings (SSSR count). The maximum Gasteiger partial charge on any atom is 0.263 e. The SMILES string of the molecule is Cc1cc2cc(C(F)F)ccc2nc1-c1ccccc1. The number of pyridine rings is 1. The number of hydrogen-bond acceptors (Lipinski definition) is 1. The lowest BCUT2D eigenvalue weighted by Crippen LogP contribution is -1.91. The third-order valence-electron chi connectivity index (χ3n) is 3.33. The molecule has 0 aliphatic carbocycles. The van der Waals surface area contributed by atoms with E-state index in [4.69, 9.17) is 0 Å². The molecule has 0 aliphatic heterocycles. The van der Waals surface area contributed by atoms with Crippen LogP contribution >= 0.6 is 0 Å². The zero-order valence-electron chi connectivity index (χ0n) is 11.0. The van der Waals surface area contributed by atoms with E-state index in [9.17, 15) is 8.78 Å². The number of rotatable bonds is 2. The van der Waals surface area contributed by atoms with Crippen molar-refractivity contribution in [1.29, 1.82) is 0 Å². The van der Waals surface area contributed by atoms with Gasteiger partial charge in [-0.1, -0.05) is 36.4 Å². The van der Waals surface area contributed by atoms with E-state index in [0.29, 0.717) is 0 Å². The van der Waals surface area contributed by atoms with E-state index in [1.165, 1.54) is 12.1 Å². The van der Waals surface area contributed by atoms with E-state index in [1.807, 2.05) is 43.3 Å². The first-order valence-corrected chi connectivity index (χ1v) is 6.40. The molecule has 20 heavy (non-hydrogen) atoms. The summed E-state index contributed by atoms with van der Waals surface area (Å²) in [6.45, 7) is 1.95. The Kier molecular flexibility index (Phi) is 3.18. The minimum absolute atomic E-state index is 0.0335. The molecule has 0 spiro atoms. The molecule has 0 saturated heterocycles. The summed E-state index contributed by atoms with van der Waals surface area (Å²) >= 11 is 0. The summed E-state index contributed by atoms with van der Waals surface area (Å²) in [4.78, 5) is 4.60. The van der Waals surface area contributed by atoms with Gasteiger partial charge in [0.2, 0.25) is 0 Å². The lowest BCUT2D eigenvalue weighted by Gasteiger charge is -2.09. The molecule has 100 valence electrons. The standard InChI is InChI=1S/C17H13F2N/c1-11-9-14-10-13(17(18)19)7-8-15(14)20-16(11)12-5-3-2-4-6-12/h2-10,17H,1H3. The monoisotopic (exact) mass is 269 g/mol. The van der Waals surface area contributed by atoms with Crippen LogP contribution in [-0.4, -0.2) is 4.98 Å². The minimum Gasteiger partial charge on any atom is -0.248 e. The van der Waals surface area contributed by atoms with Crippen molar-refractivity contribution in [3.63, 3.8) is 0 Å². The van der Waals surface area contributed by atoms with Crippen LogP contribution in [-0.2, 0) is 0 Å². The van der Waals surface area contributed by atoms with Crippen LogP contribution in [0.2, 0.25) is 0 Å². The summed E-state index contributed by atoms with van der Waals surface area (Å²) in [7, 11) is 0. The molecule has 1 heterocycles. The highest BCUT2D eigenvalue weighted by atomic mass is 19.3. The molecule has 3 heteroatoms. The normalized spacial score (nSPS) is 11.2. The number of aryl methyl sites for hydroxylation is 1. The summed E-state index contributed by atoms with van der Waals surface area (Å²) in [5.41, 5.74) is 3.67. The van der Waals surface area contributed by atoms with Crippen molar-refractivity contribution in [2.45, 2.75) is 13.3 Å². The second-order valence-corrected chi connectivity index (χ2v) is 4.77. The molecular weight excluding hydrogens is 256 g/mol. The molecule has 1 aromatic heterocycles. The van der Waals surface area contributed by atoms with Crippen LogP contribution in [0.3, 0.4) is 0 Å². The number of halogens is 2.